The number of allylic oxidation sites excluding steroid dienone is 1. The molecular weight excluding hydrogens is 399 g/mol. The first-order valence-electron chi connectivity index (χ1n) is 9.41. The molecule has 7 nitrogen and oxygen atoms in total. The van der Waals surface area contributed by atoms with Gasteiger partial charge in [-0.3, -0.25) is 4.79 Å². The third-order valence-electron chi connectivity index (χ3n) is 4.80. The van der Waals surface area contributed by atoms with Crippen LogP contribution in [-0.2, 0) is 11.0 Å². The van der Waals surface area contributed by atoms with Gasteiger partial charge in [-0.2, -0.15) is 13.2 Å². The predicted octanol–water partition coefficient (Wildman–Crippen LogP) is 2.82. The molecule has 1 aliphatic heterocycles. The highest BCUT2D eigenvalue weighted by atomic mass is 19.4. The molecule has 2 N–H and O–H groups in total. The maximum absolute atomic E-state index is 12.8. The number of carbonyl (C=O) groups excluding carboxylic acids is 1. The molecule has 1 atom stereocenters. The van der Waals surface area contributed by atoms with Gasteiger partial charge in [0.2, 0.25) is 0 Å². The van der Waals surface area contributed by atoms with E-state index in [4.69, 9.17) is 0 Å². The number of aromatic nitrogens is 2. The Kier molecular flexibility index (Phi) is 6.88. The van der Waals surface area contributed by atoms with E-state index >= 15 is 0 Å². The Morgan fingerprint density at radius 3 is 2.57 bits per heavy atom. The zero-order valence-corrected chi connectivity index (χ0v) is 16.1. The van der Waals surface area contributed by atoms with Gasteiger partial charge in [0.05, 0.1) is 5.56 Å². The van der Waals surface area contributed by atoms with Crippen LogP contribution in [0.2, 0.25) is 0 Å². The Morgan fingerprint density at radius 2 is 1.90 bits per heavy atom. The van der Waals surface area contributed by atoms with Gasteiger partial charge in [0.15, 0.2) is 11.6 Å². The fourth-order valence-corrected chi connectivity index (χ4v) is 3.34. The largest absolute Gasteiger partial charge is 0.416 e. The number of piperazine rings is 1. The molecule has 0 aliphatic carbocycles. The molecule has 160 valence electrons. The van der Waals surface area contributed by atoms with E-state index in [0.717, 1.165) is 12.1 Å². The van der Waals surface area contributed by atoms with Gasteiger partial charge in [-0.1, -0.05) is 0 Å². The van der Waals surface area contributed by atoms with Crippen LogP contribution in [0.5, 0.6) is 0 Å². The minimum absolute atomic E-state index is 0.00106. The Balaban J connectivity index is 1.78. The molecule has 1 aromatic heterocycles. The summed E-state index contributed by atoms with van der Waals surface area (Å²) in [4.78, 5) is 23.3. The normalized spacial score (nSPS) is 17.4. The average Bonchev–Trinajstić information content (AvgIpc) is 2.73. The average molecular weight is 421 g/mol. The van der Waals surface area contributed by atoms with E-state index in [0.29, 0.717) is 49.7 Å². The number of aliphatic hydroxyl groups is 1. The lowest BCUT2D eigenvalue weighted by atomic mass is 10.1. The van der Waals surface area contributed by atoms with Crippen LogP contribution in [0.1, 0.15) is 12.0 Å². The van der Waals surface area contributed by atoms with E-state index in [9.17, 15) is 23.1 Å². The first kappa shape index (κ1) is 21.6. The highest BCUT2D eigenvalue weighted by molar-refractivity contribution is 5.68. The summed E-state index contributed by atoms with van der Waals surface area (Å²) in [6.45, 7) is 1.77. The van der Waals surface area contributed by atoms with E-state index in [-0.39, 0.29) is 12.6 Å². The van der Waals surface area contributed by atoms with Gasteiger partial charge in [-0.15, -0.1) is 0 Å². The number of hydrogen-bond donors (Lipinski definition) is 2. The molecule has 0 spiro atoms. The molecule has 0 saturated carbocycles. The SMILES string of the molecule is O=CC=CN1CCN(c2nccnc2Nc2ccc(C(F)(F)F)cc2)C[C@@H]1CCO. The molecule has 0 unspecified atom stereocenters. The minimum Gasteiger partial charge on any atom is -0.396 e. The topological polar surface area (TPSA) is 81.6 Å². The number of carbonyl (C=O) groups is 1. The molecule has 0 radical (unpaired) electrons. The van der Waals surface area contributed by atoms with Crippen LogP contribution >= 0.6 is 0 Å². The lowest BCUT2D eigenvalue weighted by molar-refractivity contribution is -0.137. The van der Waals surface area contributed by atoms with Gasteiger partial charge in [0.25, 0.3) is 0 Å². The zero-order valence-electron chi connectivity index (χ0n) is 16.1. The highest BCUT2D eigenvalue weighted by Crippen LogP contribution is 2.31. The number of halogens is 3. The number of anilines is 3. The number of aliphatic hydroxyl groups excluding tert-OH is 1. The molecular formula is C20H22F3N5O2. The van der Waals surface area contributed by atoms with Crippen LogP contribution in [0.4, 0.5) is 30.5 Å². The predicted molar refractivity (Wildman–Crippen MR) is 106 cm³/mol. The maximum atomic E-state index is 12.8. The van der Waals surface area contributed by atoms with E-state index in [1.807, 2.05) is 9.80 Å². The molecule has 1 saturated heterocycles. The summed E-state index contributed by atoms with van der Waals surface area (Å²) in [5.74, 6) is 0.997. The number of hydrogen-bond acceptors (Lipinski definition) is 7. The van der Waals surface area contributed by atoms with Crippen molar-refractivity contribution in [2.75, 3.05) is 36.5 Å². The molecule has 1 aliphatic rings. The Morgan fingerprint density at radius 1 is 1.17 bits per heavy atom. The first-order chi connectivity index (χ1) is 14.4. The standard InChI is InChI=1S/C20H22F3N5O2/c21-20(22,23)15-2-4-16(5-3-15)26-18-19(25-8-7-24-18)28-11-10-27(9-1-12-29)17(14-28)6-13-30/h1-5,7-9,12,17,30H,6,10-11,13-14H2,(H,24,26)/t17-/m0/s1. The summed E-state index contributed by atoms with van der Waals surface area (Å²) in [6.07, 6.45) is 3.01. The molecule has 2 aromatic rings. The molecule has 2 heterocycles. The smallest absolute Gasteiger partial charge is 0.396 e. The number of aldehydes is 1. The van der Waals surface area contributed by atoms with Crippen molar-refractivity contribution >= 4 is 23.6 Å². The summed E-state index contributed by atoms with van der Waals surface area (Å²) in [7, 11) is 0. The molecule has 0 bridgehead atoms. The van der Waals surface area contributed by atoms with Crippen molar-refractivity contribution in [3.63, 3.8) is 0 Å². The molecule has 3 rings (SSSR count). The van der Waals surface area contributed by atoms with Crippen molar-refractivity contribution < 1.29 is 23.1 Å². The van der Waals surface area contributed by atoms with Gasteiger partial charge in [-0.25, -0.2) is 9.97 Å². The molecule has 10 heteroatoms. The fourth-order valence-electron chi connectivity index (χ4n) is 3.34. The van der Waals surface area contributed by atoms with Crippen molar-refractivity contribution in [1.29, 1.82) is 0 Å². The number of nitrogens with zero attached hydrogens (tertiary/aromatic N) is 4. The Bertz CT molecular complexity index is 873. The van der Waals surface area contributed by atoms with Crippen LogP contribution in [-0.4, -0.2) is 58.5 Å². The number of benzene rings is 1. The first-order valence-corrected chi connectivity index (χ1v) is 9.41. The molecule has 0 amide bonds. The number of nitrogens with one attached hydrogen (secondary N) is 1. The summed E-state index contributed by atoms with van der Waals surface area (Å²) >= 11 is 0. The molecule has 1 aromatic carbocycles. The van der Waals surface area contributed by atoms with Crippen LogP contribution in [0.15, 0.2) is 48.9 Å². The summed E-state index contributed by atoms with van der Waals surface area (Å²) in [5, 5.41) is 12.4. The lowest BCUT2D eigenvalue weighted by Gasteiger charge is -2.41. The summed E-state index contributed by atoms with van der Waals surface area (Å²) < 4.78 is 38.3. The van der Waals surface area contributed by atoms with Gasteiger partial charge >= 0.3 is 6.18 Å². The number of alkyl halides is 3. The van der Waals surface area contributed by atoms with Crippen molar-refractivity contribution in [1.82, 2.24) is 14.9 Å². The summed E-state index contributed by atoms with van der Waals surface area (Å²) in [5.41, 5.74) is -0.261. The fraction of sp³-hybridized carbons (Fsp3) is 0.350. The lowest BCUT2D eigenvalue weighted by Crippen LogP contribution is -2.51. The maximum Gasteiger partial charge on any atom is 0.416 e. The van der Waals surface area contributed by atoms with Gasteiger partial charge in [0.1, 0.15) is 6.29 Å². The third kappa shape index (κ3) is 5.26. The second kappa shape index (κ2) is 9.57. The van der Waals surface area contributed by atoms with Gasteiger partial charge in [-0.05, 0) is 36.8 Å². The van der Waals surface area contributed by atoms with E-state index in [1.54, 1.807) is 12.4 Å². The van der Waals surface area contributed by atoms with E-state index < -0.39 is 11.7 Å². The van der Waals surface area contributed by atoms with Crippen LogP contribution in [0.25, 0.3) is 0 Å². The summed E-state index contributed by atoms with van der Waals surface area (Å²) in [6, 6.07) is 4.68. The van der Waals surface area contributed by atoms with Gasteiger partial charge in [0, 0.05) is 56.6 Å². The van der Waals surface area contributed by atoms with E-state index in [1.165, 1.54) is 24.4 Å². The zero-order chi connectivity index (χ0) is 21.6. The molecule has 30 heavy (non-hydrogen) atoms. The Hall–Kier alpha value is -3.14. The van der Waals surface area contributed by atoms with Crippen LogP contribution in [0, 0.1) is 0 Å². The van der Waals surface area contributed by atoms with Crippen molar-refractivity contribution in [2.24, 2.45) is 0 Å². The van der Waals surface area contributed by atoms with Crippen LogP contribution < -0.4 is 10.2 Å². The van der Waals surface area contributed by atoms with Crippen molar-refractivity contribution in [3.8, 4) is 0 Å². The quantitative estimate of drug-likeness (QED) is 0.526. The van der Waals surface area contributed by atoms with Crippen molar-refractivity contribution in [3.05, 3.63) is 54.5 Å². The molecule has 1 fully saturated rings. The number of rotatable bonds is 7. The monoisotopic (exact) mass is 421 g/mol. The van der Waals surface area contributed by atoms with Gasteiger partial charge < -0.3 is 20.2 Å². The third-order valence-corrected chi connectivity index (χ3v) is 4.80. The van der Waals surface area contributed by atoms with Crippen LogP contribution in [0.3, 0.4) is 0 Å². The second-order valence-electron chi connectivity index (χ2n) is 6.76. The van der Waals surface area contributed by atoms with Crippen molar-refractivity contribution in [2.45, 2.75) is 18.6 Å². The van der Waals surface area contributed by atoms with E-state index in [2.05, 4.69) is 15.3 Å². The minimum atomic E-state index is -4.39. The highest BCUT2D eigenvalue weighted by Gasteiger charge is 2.30. The second-order valence-corrected chi connectivity index (χ2v) is 6.76. The Labute approximate surface area is 171 Å².